The highest BCUT2D eigenvalue weighted by molar-refractivity contribution is 6.04. The number of ether oxygens (including phenoxy) is 1. The zero-order valence-corrected chi connectivity index (χ0v) is 16.1. The minimum Gasteiger partial charge on any atom is -0.493 e. The van der Waals surface area contributed by atoms with Crippen LogP contribution in [0.15, 0.2) is 65.1 Å². The smallest absolute Gasteiger partial charge is 0.257 e. The van der Waals surface area contributed by atoms with Gasteiger partial charge < -0.3 is 15.8 Å². The average molecular weight is 396 g/mol. The van der Waals surface area contributed by atoms with Gasteiger partial charge in [0.1, 0.15) is 12.4 Å². The van der Waals surface area contributed by atoms with Gasteiger partial charge in [0, 0.05) is 29.3 Å². The number of primary amides is 1. The molecule has 1 aromatic heterocycles. The molecule has 3 N–H and O–H groups in total. The molecule has 1 heterocycles. The fourth-order valence-corrected chi connectivity index (χ4v) is 2.29. The number of allylic oxidation sites excluding steroid dienone is 1. The van der Waals surface area contributed by atoms with Crippen molar-refractivity contribution >= 4 is 24.2 Å². The molecule has 0 aliphatic carbocycles. The van der Waals surface area contributed by atoms with Gasteiger partial charge in [-0.25, -0.2) is 4.39 Å². The first-order valence-electron chi connectivity index (χ1n) is 8.59. The van der Waals surface area contributed by atoms with E-state index in [2.05, 4.69) is 22.0 Å². The molecule has 7 nitrogen and oxygen atoms in total. The van der Waals surface area contributed by atoms with Gasteiger partial charge in [-0.1, -0.05) is 0 Å². The molecule has 0 spiro atoms. The Kier molecular flexibility index (Phi) is 7.36. The number of anilines is 1. The first-order valence-corrected chi connectivity index (χ1v) is 8.59. The molecule has 0 aliphatic heterocycles. The average Bonchev–Trinajstić information content (AvgIpc) is 2.68. The van der Waals surface area contributed by atoms with Crippen LogP contribution in [0.4, 0.5) is 10.1 Å². The Balaban J connectivity index is 2.09. The first kappa shape index (κ1) is 21.5. The van der Waals surface area contributed by atoms with E-state index >= 15 is 0 Å². The van der Waals surface area contributed by atoms with E-state index in [9.17, 15) is 14.0 Å². The summed E-state index contributed by atoms with van der Waals surface area (Å²) in [6.07, 6.45) is 4.05. The highest BCUT2D eigenvalue weighted by atomic mass is 19.1. The number of benzene rings is 1. The quantitative estimate of drug-likeness (QED) is 0.309. The van der Waals surface area contributed by atoms with Crippen LogP contribution in [0.3, 0.4) is 0 Å². The maximum absolute atomic E-state index is 14.1. The monoisotopic (exact) mass is 396 g/mol. The molecule has 0 saturated heterocycles. The van der Waals surface area contributed by atoms with E-state index in [-0.39, 0.29) is 23.7 Å². The highest BCUT2D eigenvalue weighted by Crippen LogP contribution is 2.18. The zero-order valence-electron chi connectivity index (χ0n) is 16.1. The Hall–Kier alpha value is -3.81. The third kappa shape index (κ3) is 6.39. The number of nitrogens with one attached hydrogen (secondary N) is 1. The van der Waals surface area contributed by atoms with Gasteiger partial charge in [-0.2, -0.15) is 0 Å². The van der Waals surface area contributed by atoms with E-state index in [1.165, 1.54) is 36.7 Å². The van der Waals surface area contributed by atoms with Crippen LogP contribution >= 0.6 is 0 Å². The van der Waals surface area contributed by atoms with Crippen molar-refractivity contribution in [2.45, 2.75) is 20.5 Å². The van der Waals surface area contributed by atoms with E-state index in [1.54, 1.807) is 19.1 Å². The molecule has 1 aromatic carbocycles. The SMILES string of the molecule is C=N/C=C(\C=C(/C)OCc1cc(NC(=O)c2ccc(C)nc2)ccc1F)C(N)=O. The third-order valence-electron chi connectivity index (χ3n) is 3.81. The summed E-state index contributed by atoms with van der Waals surface area (Å²) in [7, 11) is 0. The van der Waals surface area contributed by atoms with Gasteiger partial charge in [-0.3, -0.25) is 19.6 Å². The van der Waals surface area contributed by atoms with Crippen molar-refractivity contribution in [1.29, 1.82) is 0 Å². The standard InChI is InChI=1S/C21H21FN4O3/c1-13-4-5-15(11-25-13)21(28)26-18-6-7-19(22)17(9-18)12-29-14(2)8-16(10-24-3)20(23)27/h4-11H,3,12H2,1-2H3,(H2,23,27)(H,26,28)/b14-8+,16-10+. The minimum atomic E-state index is -0.693. The van der Waals surface area contributed by atoms with Crippen LogP contribution in [-0.4, -0.2) is 23.5 Å². The number of rotatable bonds is 8. The van der Waals surface area contributed by atoms with Gasteiger partial charge in [0.2, 0.25) is 5.91 Å². The maximum atomic E-state index is 14.1. The van der Waals surface area contributed by atoms with Crippen LogP contribution in [-0.2, 0) is 16.1 Å². The lowest BCUT2D eigenvalue weighted by Gasteiger charge is -2.11. The van der Waals surface area contributed by atoms with Crippen molar-refractivity contribution in [3.05, 3.63) is 82.8 Å². The Morgan fingerprint density at radius 1 is 1.34 bits per heavy atom. The van der Waals surface area contributed by atoms with Crippen LogP contribution in [0.25, 0.3) is 0 Å². The fraction of sp³-hybridized carbons (Fsp3) is 0.143. The number of hydrogen-bond donors (Lipinski definition) is 2. The highest BCUT2D eigenvalue weighted by Gasteiger charge is 2.10. The molecule has 150 valence electrons. The normalized spacial score (nSPS) is 11.7. The molecular weight excluding hydrogens is 375 g/mol. The first-order chi connectivity index (χ1) is 13.8. The Bertz CT molecular complexity index is 982. The number of hydrogen-bond acceptors (Lipinski definition) is 5. The van der Waals surface area contributed by atoms with Gasteiger partial charge >= 0.3 is 0 Å². The molecule has 8 heteroatoms. The van der Waals surface area contributed by atoms with E-state index in [0.29, 0.717) is 17.0 Å². The van der Waals surface area contributed by atoms with Crippen molar-refractivity contribution in [3.63, 3.8) is 0 Å². The van der Waals surface area contributed by atoms with Gasteiger partial charge in [-0.15, -0.1) is 0 Å². The summed E-state index contributed by atoms with van der Waals surface area (Å²) in [4.78, 5) is 31.2. The van der Waals surface area contributed by atoms with Crippen LogP contribution in [0.2, 0.25) is 0 Å². The number of aliphatic imine (C=N–C) groups is 1. The van der Waals surface area contributed by atoms with Crippen LogP contribution < -0.4 is 11.1 Å². The molecule has 0 atom stereocenters. The third-order valence-corrected chi connectivity index (χ3v) is 3.81. The summed E-state index contributed by atoms with van der Waals surface area (Å²) < 4.78 is 19.6. The predicted molar refractivity (Wildman–Crippen MR) is 109 cm³/mol. The summed E-state index contributed by atoms with van der Waals surface area (Å²) in [6, 6.07) is 7.53. The number of aromatic nitrogens is 1. The van der Waals surface area contributed by atoms with Crippen LogP contribution in [0.5, 0.6) is 0 Å². The molecule has 2 rings (SSSR count). The number of pyridine rings is 1. The van der Waals surface area contributed by atoms with Crippen molar-refractivity contribution in [3.8, 4) is 0 Å². The maximum Gasteiger partial charge on any atom is 0.257 e. The van der Waals surface area contributed by atoms with Gasteiger partial charge in [0.25, 0.3) is 5.91 Å². The molecule has 0 unspecified atom stereocenters. The largest absolute Gasteiger partial charge is 0.493 e. The number of nitrogens with two attached hydrogens (primary N) is 1. The molecule has 0 aliphatic rings. The lowest BCUT2D eigenvalue weighted by atomic mass is 10.2. The minimum absolute atomic E-state index is 0.102. The Morgan fingerprint density at radius 3 is 2.72 bits per heavy atom. The summed E-state index contributed by atoms with van der Waals surface area (Å²) in [6.45, 7) is 6.56. The Labute approximate surface area is 167 Å². The molecule has 2 amide bonds. The second-order valence-corrected chi connectivity index (χ2v) is 6.12. The molecule has 2 aromatic rings. The molecule has 29 heavy (non-hydrogen) atoms. The molecule has 0 fully saturated rings. The molecule has 0 saturated carbocycles. The van der Waals surface area contributed by atoms with E-state index in [4.69, 9.17) is 10.5 Å². The summed E-state index contributed by atoms with van der Waals surface area (Å²) >= 11 is 0. The van der Waals surface area contributed by atoms with E-state index in [1.807, 2.05) is 6.92 Å². The Morgan fingerprint density at radius 2 is 2.10 bits per heavy atom. The zero-order chi connectivity index (χ0) is 21.4. The predicted octanol–water partition coefficient (Wildman–Crippen LogP) is 3.27. The number of halogens is 1. The van der Waals surface area contributed by atoms with Gasteiger partial charge in [-0.05, 0) is 57.0 Å². The summed E-state index contributed by atoms with van der Waals surface area (Å²) in [5.41, 5.74) is 7.14. The number of carbonyl (C=O) groups is 2. The van der Waals surface area contributed by atoms with E-state index < -0.39 is 11.7 Å². The van der Waals surface area contributed by atoms with Crippen molar-refractivity contribution in [2.75, 3.05) is 5.32 Å². The lowest BCUT2D eigenvalue weighted by molar-refractivity contribution is -0.114. The van der Waals surface area contributed by atoms with Gasteiger partial charge in [0.15, 0.2) is 0 Å². The second kappa shape index (κ2) is 9.93. The summed E-state index contributed by atoms with van der Waals surface area (Å²) in [5.74, 6) is -1.22. The van der Waals surface area contributed by atoms with Crippen LogP contribution in [0.1, 0.15) is 28.5 Å². The van der Waals surface area contributed by atoms with Crippen molar-refractivity contribution in [1.82, 2.24) is 4.98 Å². The molecule has 0 radical (unpaired) electrons. The van der Waals surface area contributed by atoms with E-state index in [0.717, 1.165) is 5.69 Å². The second-order valence-electron chi connectivity index (χ2n) is 6.12. The van der Waals surface area contributed by atoms with Gasteiger partial charge in [0.05, 0.1) is 16.9 Å². The number of carbonyl (C=O) groups excluding carboxylic acids is 2. The van der Waals surface area contributed by atoms with Crippen LogP contribution in [0, 0.1) is 12.7 Å². The summed E-state index contributed by atoms with van der Waals surface area (Å²) in [5, 5.41) is 2.69. The number of aryl methyl sites for hydroxylation is 1. The fourth-order valence-electron chi connectivity index (χ4n) is 2.29. The van der Waals surface area contributed by atoms with Crippen molar-refractivity contribution in [2.24, 2.45) is 10.7 Å². The van der Waals surface area contributed by atoms with Crippen molar-refractivity contribution < 1.29 is 18.7 Å². The lowest BCUT2D eigenvalue weighted by Crippen LogP contribution is -2.13. The number of nitrogens with zero attached hydrogens (tertiary/aromatic N) is 2. The topological polar surface area (TPSA) is 107 Å². The number of amides is 2. The molecular formula is C21H21FN4O3. The molecule has 0 bridgehead atoms.